The molecule has 2 aromatic carbocycles. The zero-order valence-corrected chi connectivity index (χ0v) is 18.4. The van der Waals surface area contributed by atoms with E-state index in [1.165, 1.54) is 0 Å². The molecule has 1 saturated heterocycles. The Bertz CT molecular complexity index is 935. The van der Waals surface area contributed by atoms with E-state index in [9.17, 15) is 9.90 Å². The number of hydrogen-bond acceptors (Lipinski definition) is 6. The molecule has 0 bridgehead atoms. The Balaban J connectivity index is 1.77. The summed E-state index contributed by atoms with van der Waals surface area (Å²) in [6, 6.07) is 13.0. The lowest BCUT2D eigenvalue weighted by atomic mass is 9.66. The number of ether oxygens (including phenoxy) is 3. The van der Waals surface area contributed by atoms with Crippen molar-refractivity contribution in [2.24, 2.45) is 5.92 Å². The van der Waals surface area contributed by atoms with Crippen LogP contribution in [0.5, 0.6) is 17.2 Å². The molecule has 166 valence electrons. The SMILES string of the molecule is COc1cc(C(=O)C2C(CO)c3ccccc3OC23CCNCC3)ccc1OC(C)C. The van der Waals surface area contributed by atoms with Crippen molar-refractivity contribution in [3.63, 3.8) is 0 Å². The lowest BCUT2D eigenvalue weighted by molar-refractivity contribution is -0.0409. The van der Waals surface area contributed by atoms with Gasteiger partial charge in [-0.15, -0.1) is 0 Å². The van der Waals surface area contributed by atoms with Gasteiger partial charge < -0.3 is 24.6 Å². The van der Waals surface area contributed by atoms with Gasteiger partial charge in [0.05, 0.1) is 25.7 Å². The maximum absolute atomic E-state index is 13.9. The Labute approximate surface area is 183 Å². The van der Waals surface area contributed by atoms with Gasteiger partial charge in [0.2, 0.25) is 0 Å². The fourth-order valence-corrected chi connectivity index (χ4v) is 4.95. The predicted molar refractivity (Wildman–Crippen MR) is 118 cm³/mol. The van der Waals surface area contributed by atoms with E-state index < -0.39 is 11.5 Å². The van der Waals surface area contributed by atoms with Crippen LogP contribution >= 0.6 is 0 Å². The fraction of sp³-hybridized carbons (Fsp3) is 0.480. The van der Waals surface area contributed by atoms with Crippen LogP contribution in [0.4, 0.5) is 0 Å². The van der Waals surface area contributed by atoms with E-state index in [4.69, 9.17) is 14.2 Å². The van der Waals surface area contributed by atoms with Crippen LogP contribution in [0, 0.1) is 5.92 Å². The third-order valence-electron chi connectivity index (χ3n) is 6.34. The van der Waals surface area contributed by atoms with Gasteiger partial charge in [0.1, 0.15) is 11.4 Å². The molecule has 4 rings (SSSR count). The lowest BCUT2D eigenvalue weighted by Gasteiger charge is -2.49. The Kier molecular flexibility index (Phi) is 6.21. The molecule has 0 aromatic heterocycles. The topological polar surface area (TPSA) is 77.0 Å². The van der Waals surface area contributed by atoms with Gasteiger partial charge in [-0.25, -0.2) is 0 Å². The maximum Gasteiger partial charge on any atom is 0.170 e. The number of benzene rings is 2. The number of methoxy groups -OCH3 is 1. The standard InChI is InChI=1S/C25H31NO5/c1-16(2)30-21-9-8-17(14-22(21)29-3)24(28)23-19(15-27)18-6-4-5-7-20(18)31-25(23)10-12-26-13-11-25/h4-9,14,16,19,23,26-27H,10-13,15H2,1-3H3. The number of carbonyl (C=O) groups excluding carboxylic acids is 1. The maximum atomic E-state index is 13.9. The number of nitrogens with one attached hydrogen (secondary N) is 1. The number of carbonyl (C=O) groups is 1. The molecule has 2 aliphatic heterocycles. The summed E-state index contributed by atoms with van der Waals surface area (Å²) in [7, 11) is 1.57. The van der Waals surface area contributed by atoms with Crippen LogP contribution < -0.4 is 19.5 Å². The monoisotopic (exact) mass is 425 g/mol. The molecular formula is C25H31NO5. The first-order valence-corrected chi connectivity index (χ1v) is 11.0. The first-order valence-electron chi connectivity index (χ1n) is 11.0. The number of ketones is 1. The quantitative estimate of drug-likeness (QED) is 0.689. The van der Waals surface area contributed by atoms with Gasteiger partial charge in [0.25, 0.3) is 0 Å². The second kappa shape index (κ2) is 8.89. The summed E-state index contributed by atoms with van der Waals surface area (Å²) in [5.41, 5.74) is 0.779. The summed E-state index contributed by atoms with van der Waals surface area (Å²) >= 11 is 0. The summed E-state index contributed by atoms with van der Waals surface area (Å²) in [6.45, 7) is 5.32. The summed E-state index contributed by atoms with van der Waals surface area (Å²) in [5.74, 6) is 1.05. The van der Waals surface area contributed by atoms with Crippen LogP contribution in [0.3, 0.4) is 0 Å². The van der Waals surface area contributed by atoms with Crippen LogP contribution in [0.15, 0.2) is 42.5 Å². The number of hydrogen-bond donors (Lipinski definition) is 2. The van der Waals surface area contributed by atoms with Crippen LogP contribution in [0.25, 0.3) is 0 Å². The number of aliphatic hydroxyl groups excluding tert-OH is 1. The van der Waals surface area contributed by atoms with Crippen molar-refractivity contribution in [3.05, 3.63) is 53.6 Å². The van der Waals surface area contributed by atoms with E-state index in [1.54, 1.807) is 25.3 Å². The number of piperidine rings is 1. The Morgan fingerprint density at radius 1 is 1.19 bits per heavy atom. The molecule has 2 heterocycles. The summed E-state index contributed by atoms with van der Waals surface area (Å²) in [5, 5.41) is 13.8. The van der Waals surface area contributed by atoms with Crippen molar-refractivity contribution in [1.82, 2.24) is 5.32 Å². The van der Waals surface area contributed by atoms with Gasteiger partial charge >= 0.3 is 0 Å². The second-order valence-electron chi connectivity index (χ2n) is 8.62. The van der Waals surface area contributed by atoms with E-state index in [-0.39, 0.29) is 24.4 Å². The average molecular weight is 426 g/mol. The number of aliphatic hydroxyl groups is 1. The van der Waals surface area contributed by atoms with Crippen molar-refractivity contribution in [3.8, 4) is 17.2 Å². The summed E-state index contributed by atoms with van der Waals surface area (Å²) in [6.07, 6.45) is 1.41. The molecular weight excluding hydrogens is 394 g/mol. The molecule has 6 nitrogen and oxygen atoms in total. The highest BCUT2D eigenvalue weighted by Crippen LogP contribution is 2.49. The largest absolute Gasteiger partial charge is 0.493 e. The highest BCUT2D eigenvalue weighted by atomic mass is 16.5. The summed E-state index contributed by atoms with van der Waals surface area (Å²) in [4.78, 5) is 13.9. The zero-order valence-electron chi connectivity index (χ0n) is 18.4. The molecule has 0 aliphatic carbocycles. The normalized spacial score (nSPS) is 22.0. The fourth-order valence-electron chi connectivity index (χ4n) is 4.95. The van der Waals surface area contributed by atoms with Gasteiger partial charge in [0.15, 0.2) is 17.3 Å². The van der Waals surface area contributed by atoms with Gasteiger partial charge in [-0.2, -0.15) is 0 Å². The number of rotatable bonds is 6. The average Bonchev–Trinajstić information content (AvgIpc) is 2.78. The van der Waals surface area contributed by atoms with E-state index in [0.29, 0.717) is 29.9 Å². The third kappa shape index (κ3) is 4.02. The van der Waals surface area contributed by atoms with Crippen molar-refractivity contribution in [2.75, 3.05) is 26.8 Å². The van der Waals surface area contributed by atoms with Crippen LogP contribution in [0.1, 0.15) is 48.5 Å². The third-order valence-corrected chi connectivity index (χ3v) is 6.34. The highest BCUT2D eigenvalue weighted by Gasteiger charge is 2.53. The first-order chi connectivity index (χ1) is 15.0. The molecule has 1 fully saturated rings. The molecule has 0 radical (unpaired) electrons. The molecule has 6 heteroatoms. The predicted octanol–water partition coefficient (Wildman–Crippen LogP) is 3.57. The minimum Gasteiger partial charge on any atom is -0.493 e. The van der Waals surface area contributed by atoms with Crippen molar-refractivity contribution in [2.45, 2.75) is 44.3 Å². The van der Waals surface area contributed by atoms with Crippen molar-refractivity contribution in [1.29, 1.82) is 0 Å². The van der Waals surface area contributed by atoms with Crippen molar-refractivity contribution >= 4 is 5.78 Å². The molecule has 2 unspecified atom stereocenters. The number of fused-ring (bicyclic) bond motifs is 1. The van der Waals surface area contributed by atoms with Gasteiger partial charge in [-0.1, -0.05) is 18.2 Å². The molecule has 2 atom stereocenters. The van der Waals surface area contributed by atoms with Gasteiger partial charge in [0, 0.05) is 29.9 Å². The van der Waals surface area contributed by atoms with E-state index in [2.05, 4.69) is 5.32 Å². The van der Waals surface area contributed by atoms with E-state index in [0.717, 1.165) is 24.4 Å². The molecule has 1 spiro atoms. The van der Waals surface area contributed by atoms with E-state index in [1.807, 2.05) is 38.1 Å². The number of Topliss-reactive ketones (excluding diaryl/α,β-unsaturated/α-hetero) is 1. The first kappa shape index (κ1) is 21.7. The van der Waals surface area contributed by atoms with Gasteiger partial charge in [-0.05, 0) is 51.2 Å². The Hall–Kier alpha value is -2.57. The molecule has 2 N–H and O–H groups in total. The minimum atomic E-state index is -0.648. The molecule has 0 amide bonds. The number of para-hydroxylation sites is 1. The Morgan fingerprint density at radius 3 is 2.61 bits per heavy atom. The van der Waals surface area contributed by atoms with Crippen LogP contribution in [-0.2, 0) is 0 Å². The zero-order chi connectivity index (χ0) is 22.0. The van der Waals surface area contributed by atoms with E-state index >= 15 is 0 Å². The minimum absolute atomic E-state index is 0.00419. The Morgan fingerprint density at radius 2 is 1.94 bits per heavy atom. The lowest BCUT2D eigenvalue weighted by Crippen LogP contribution is -2.58. The second-order valence-corrected chi connectivity index (χ2v) is 8.62. The smallest absolute Gasteiger partial charge is 0.170 e. The molecule has 0 saturated carbocycles. The van der Waals surface area contributed by atoms with Gasteiger partial charge in [-0.3, -0.25) is 4.79 Å². The highest BCUT2D eigenvalue weighted by molar-refractivity contribution is 6.00. The molecule has 31 heavy (non-hydrogen) atoms. The van der Waals surface area contributed by atoms with Crippen LogP contribution in [-0.4, -0.2) is 49.4 Å². The molecule has 2 aromatic rings. The molecule has 2 aliphatic rings. The van der Waals surface area contributed by atoms with Crippen LogP contribution in [0.2, 0.25) is 0 Å². The van der Waals surface area contributed by atoms with Crippen molar-refractivity contribution < 1.29 is 24.1 Å². The summed E-state index contributed by atoms with van der Waals surface area (Å²) < 4.78 is 17.9.